The van der Waals surface area contributed by atoms with Crippen LogP contribution in [0.15, 0.2) is 42.3 Å². The number of anilines is 1. The van der Waals surface area contributed by atoms with E-state index in [9.17, 15) is 19.1 Å². The Balaban J connectivity index is 1.36. The molecule has 2 N–H and O–H groups in total. The smallest absolute Gasteiger partial charge is 0.272 e. The van der Waals surface area contributed by atoms with Gasteiger partial charge in [0.05, 0.1) is 17.6 Å². The lowest BCUT2D eigenvalue weighted by molar-refractivity contribution is -0.120. The van der Waals surface area contributed by atoms with Crippen LogP contribution >= 0.6 is 11.3 Å². The van der Waals surface area contributed by atoms with Crippen LogP contribution in [0.5, 0.6) is 5.75 Å². The van der Waals surface area contributed by atoms with Gasteiger partial charge in [0.1, 0.15) is 41.7 Å². The highest BCUT2D eigenvalue weighted by Gasteiger charge is 2.31. The number of thiazole rings is 1. The highest BCUT2D eigenvalue weighted by molar-refractivity contribution is 7.15. The van der Waals surface area contributed by atoms with Crippen molar-refractivity contribution < 1.29 is 23.8 Å². The molecule has 0 spiro atoms. The van der Waals surface area contributed by atoms with E-state index in [1.54, 1.807) is 48.9 Å². The molecule has 37 heavy (non-hydrogen) atoms. The van der Waals surface area contributed by atoms with Crippen molar-refractivity contribution in [1.29, 1.82) is 0 Å². The van der Waals surface area contributed by atoms with Crippen LogP contribution < -0.4 is 15.0 Å². The third kappa shape index (κ3) is 4.87. The van der Waals surface area contributed by atoms with Crippen molar-refractivity contribution in [2.75, 3.05) is 18.6 Å². The molecule has 0 saturated carbocycles. The minimum absolute atomic E-state index is 0.0592. The van der Waals surface area contributed by atoms with Crippen molar-refractivity contribution in [3.8, 4) is 29.0 Å². The highest BCUT2D eigenvalue weighted by atomic mass is 32.1. The molecule has 0 bridgehead atoms. The van der Waals surface area contributed by atoms with Gasteiger partial charge >= 0.3 is 0 Å². The zero-order chi connectivity index (χ0) is 26.3. The molecule has 188 valence electrons. The van der Waals surface area contributed by atoms with Crippen molar-refractivity contribution in [1.82, 2.24) is 24.7 Å². The summed E-state index contributed by atoms with van der Waals surface area (Å²) in [7, 11) is 1.58. The number of nitrogens with zero attached hydrogens (tertiary/aromatic N) is 5. The lowest BCUT2D eigenvalue weighted by Crippen LogP contribution is -2.49. The summed E-state index contributed by atoms with van der Waals surface area (Å²) in [6.07, 6.45) is 3.76. The number of imidazole rings is 1. The van der Waals surface area contributed by atoms with E-state index in [-0.39, 0.29) is 23.9 Å². The maximum Gasteiger partial charge on any atom is 0.272 e. The van der Waals surface area contributed by atoms with Crippen LogP contribution in [0, 0.1) is 17.7 Å². The third-order valence-electron chi connectivity index (χ3n) is 5.52. The number of hydrogen-bond donors (Lipinski definition) is 2. The number of rotatable bonds is 3. The Labute approximate surface area is 214 Å². The standard InChI is InChI=1S/C25H21FN6O4S/c1-25(2,35)7-6-14-4-5-20-18(8-14)31(3)23(34)17(11-36-20)29-22(33)16-10-32-19(12-37-24(32)30-16)21-15(26)9-27-13-28-21/h4-5,8-10,12-13,17,35H,11H2,1-3H3,(H,29,33)/t17-/m0/s1. The van der Waals surface area contributed by atoms with Crippen molar-refractivity contribution in [2.45, 2.75) is 25.5 Å². The fraction of sp³-hybridized carbons (Fsp3) is 0.240. The van der Waals surface area contributed by atoms with Crippen LogP contribution in [0.25, 0.3) is 16.3 Å². The van der Waals surface area contributed by atoms with Gasteiger partial charge in [0.2, 0.25) is 0 Å². The largest absolute Gasteiger partial charge is 0.489 e. The first-order valence-electron chi connectivity index (χ1n) is 11.1. The number of fused-ring (bicyclic) bond motifs is 2. The Morgan fingerprint density at radius 1 is 1.38 bits per heavy atom. The summed E-state index contributed by atoms with van der Waals surface area (Å²) in [5, 5.41) is 14.2. The number of halogens is 1. The number of ether oxygens (including phenoxy) is 1. The van der Waals surface area contributed by atoms with Crippen molar-refractivity contribution in [2.24, 2.45) is 0 Å². The molecule has 12 heteroatoms. The van der Waals surface area contributed by atoms with Gasteiger partial charge in [0, 0.05) is 24.2 Å². The normalized spacial score (nSPS) is 15.4. The number of benzene rings is 1. The highest BCUT2D eigenvalue weighted by Crippen LogP contribution is 2.32. The predicted molar refractivity (Wildman–Crippen MR) is 134 cm³/mol. The van der Waals surface area contributed by atoms with Gasteiger partial charge in [0.15, 0.2) is 10.8 Å². The van der Waals surface area contributed by atoms with Gasteiger partial charge in [-0.05, 0) is 32.0 Å². The molecule has 4 heterocycles. The first-order valence-corrected chi connectivity index (χ1v) is 12.0. The van der Waals surface area contributed by atoms with E-state index in [0.29, 0.717) is 27.7 Å². The van der Waals surface area contributed by atoms with Gasteiger partial charge in [-0.2, -0.15) is 0 Å². The summed E-state index contributed by atoms with van der Waals surface area (Å²) in [5.41, 5.74) is 0.502. The van der Waals surface area contributed by atoms with Gasteiger partial charge in [0.25, 0.3) is 11.8 Å². The minimum atomic E-state index is -1.16. The molecule has 1 aliphatic heterocycles. The lowest BCUT2D eigenvalue weighted by atomic mass is 10.1. The quantitative estimate of drug-likeness (QED) is 0.398. The molecule has 0 unspecified atom stereocenters. The summed E-state index contributed by atoms with van der Waals surface area (Å²) in [6.45, 7) is 3.07. The number of likely N-dealkylation sites (N-methyl/N-ethyl adjacent to an activating group) is 1. The van der Waals surface area contributed by atoms with Gasteiger partial charge < -0.3 is 20.1 Å². The van der Waals surface area contributed by atoms with Crippen LogP contribution in [0.2, 0.25) is 0 Å². The Hall–Kier alpha value is -4.34. The number of hydrogen-bond acceptors (Lipinski definition) is 8. The topological polar surface area (TPSA) is 122 Å². The second-order valence-electron chi connectivity index (χ2n) is 8.84. The van der Waals surface area contributed by atoms with Crippen LogP contribution in [0.4, 0.5) is 10.1 Å². The molecule has 4 aromatic rings. The van der Waals surface area contributed by atoms with E-state index in [1.165, 1.54) is 28.8 Å². The average molecular weight is 521 g/mol. The molecule has 0 radical (unpaired) electrons. The van der Waals surface area contributed by atoms with E-state index in [4.69, 9.17) is 4.74 Å². The zero-order valence-corrected chi connectivity index (χ0v) is 20.8. The van der Waals surface area contributed by atoms with E-state index in [2.05, 4.69) is 32.1 Å². The van der Waals surface area contributed by atoms with Gasteiger partial charge in [-0.15, -0.1) is 11.3 Å². The Bertz CT molecular complexity index is 1600. The molecule has 1 aliphatic rings. The predicted octanol–water partition coefficient (Wildman–Crippen LogP) is 2.27. The molecule has 0 saturated heterocycles. The Kier molecular flexibility index (Phi) is 6.10. The summed E-state index contributed by atoms with van der Waals surface area (Å²) >= 11 is 1.22. The van der Waals surface area contributed by atoms with Crippen LogP contribution in [0.1, 0.15) is 29.9 Å². The summed E-state index contributed by atoms with van der Waals surface area (Å²) in [6, 6.07) is 4.13. The number of aromatic nitrogens is 4. The fourth-order valence-electron chi connectivity index (χ4n) is 3.70. The van der Waals surface area contributed by atoms with E-state index < -0.39 is 23.4 Å². The first-order chi connectivity index (χ1) is 17.6. The maximum atomic E-state index is 14.2. The molecular weight excluding hydrogens is 499 g/mol. The number of carbonyl (C=O) groups is 2. The van der Waals surface area contributed by atoms with Crippen LogP contribution in [-0.4, -0.2) is 61.6 Å². The summed E-state index contributed by atoms with van der Waals surface area (Å²) in [4.78, 5) is 40.0. The number of carbonyl (C=O) groups excluding carboxylic acids is 2. The molecule has 1 aromatic carbocycles. The van der Waals surface area contributed by atoms with Crippen LogP contribution in [0.3, 0.4) is 0 Å². The van der Waals surface area contributed by atoms with Crippen molar-refractivity contribution in [3.63, 3.8) is 0 Å². The molecular formula is C25H21FN6O4S. The fourth-order valence-corrected chi connectivity index (χ4v) is 4.56. The maximum absolute atomic E-state index is 14.2. The number of amides is 2. The van der Waals surface area contributed by atoms with Crippen molar-refractivity contribution >= 4 is 33.8 Å². The molecule has 0 aliphatic carbocycles. The summed E-state index contributed by atoms with van der Waals surface area (Å²) in [5.74, 6) is 4.51. The van der Waals surface area contributed by atoms with E-state index in [0.717, 1.165) is 6.20 Å². The van der Waals surface area contributed by atoms with Gasteiger partial charge in [-0.25, -0.2) is 19.3 Å². The number of nitrogens with one attached hydrogen (secondary N) is 1. The Morgan fingerprint density at radius 3 is 2.95 bits per heavy atom. The first kappa shape index (κ1) is 24.4. The second-order valence-corrected chi connectivity index (χ2v) is 9.68. The van der Waals surface area contributed by atoms with E-state index in [1.807, 2.05) is 0 Å². The van der Waals surface area contributed by atoms with Crippen LogP contribution in [-0.2, 0) is 4.79 Å². The van der Waals surface area contributed by atoms with Gasteiger partial charge in [-0.3, -0.25) is 14.0 Å². The van der Waals surface area contributed by atoms with Crippen molar-refractivity contribution in [3.05, 3.63) is 59.4 Å². The molecule has 5 rings (SSSR count). The average Bonchev–Trinajstić information content (AvgIpc) is 3.43. The van der Waals surface area contributed by atoms with Gasteiger partial charge in [-0.1, -0.05) is 11.8 Å². The molecule has 2 amide bonds. The Morgan fingerprint density at radius 2 is 2.19 bits per heavy atom. The SMILES string of the molecule is CN1C(=O)[C@@H](NC(=O)c2cn3c(-c4ncncc4F)csc3n2)COc2ccc(C#CC(C)(C)O)cc21. The van der Waals surface area contributed by atoms with E-state index >= 15 is 0 Å². The molecule has 3 aromatic heterocycles. The number of aliphatic hydroxyl groups is 1. The molecule has 10 nitrogen and oxygen atoms in total. The minimum Gasteiger partial charge on any atom is -0.489 e. The zero-order valence-electron chi connectivity index (χ0n) is 20.0. The third-order valence-corrected chi connectivity index (χ3v) is 6.36. The monoisotopic (exact) mass is 520 g/mol. The molecule has 1 atom stereocenters. The second kappa shape index (κ2) is 9.27. The summed E-state index contributed by atoms with van der Waals surface area (Å²) < 4.78 is 21.6. The lowest BCUT2D eigenvalue weighted by Gasteiger charge is -2.20. The molecule has 0 fully saturated rings.